The summed E-state index contributed by atoms with van der Waals surface area (Å²) < 4.78 is 10.5. The highest BCUT2D eigenvalue weighted by Crippen LogP contribution is 2.35. The molecule has 1 aliphatic heterocycles. The second-order valence-electron chi connectivity index (χ2n) is 10.2. The molecule has 1 saturated heterocycles. The first-order valence-corrected chi connectivity index (χ1v) is 11.3. The van der Waals surface area contributed by atoms with Crippen LogP contribution in [0.2, 0.25) is 0 Å². The zero-order valence-electron chi connectivity index (χ0n) is 20.5. The zero-order chi connectivity index (χ0) is 24.7. The number of aromatic nitrogens is 3. The average Bonchev–Trinajstić information content (AvgIpc) is 2.75. The van der Waals surface area contributed by atoms with Gasteiger partial charge in [0.25, 0.3) is 0 Å². The van der Waals surface area contributed by atoms with Crippen LogP contribution in [-0.4, -0.2) is 63.8 Å². The maximum Gasteiger partial charge on any atom is 0.707 e. The fourth-order valence-electron chi connectivity index (χ4n) is 5.08. The number of benzene rings is 1. The predicted octanol–water partition coefficient (Wildman–Crippen LogP) is 2.79. The molecule has 0 saturated carbocycles. The molecular weight excluding hydrogens is 433 g/mol. The fraction of sp³-hybridized carbons (Fsp3) is 0.458. The lowest BCUT2D eigenvalue weighted by Crippen LogP contribution is -2.62. The van der Waals surface area contributed by atoms with Crippen LogP contribution in [0.4, 0.5) is 5.82 Å². The van der Waals surface area contributed by atoms with Crippen LogP contribution in [0.15, 0.2) is 36.5 Å². The molecule has 0 aliphatic carbocycles. The molecule has 2 aromatic heterocycles. The maximum absolute atomic E-state index is 9.07. The third-order valence-corrected chi connectivity index (χ3v) is 6.22. The number of nitrogens with zero attached hydrogens (tertiary/aromatic N) is 4. The third-order valence-electron chi connectivity index (χ3n) is 6.22. The largest absolute Gasteiger partial charge is 0.707 e. The molecule has 10 heteroatoms. The van der Waals surface area contributed by atoms with Gasteiger partial charge in [-0.15, -0.1) is 10.2 Å². The van der Waals surface area contributed by atoms with Gasteiger partial charge >= 0.3 is 7.32 Å². The van der Waals surface area contributed by atoms with E-state index in [1.54, 1.807) is 13.2 Å². The van der Waals surface area contributed by atoms with Crippen LogP contribution in [0.1, 0.15) is 40.5 Å². The minimum Gasteiger partial charge on any atom is -0.511 e. The van der Waals surface area contributed by atoms with E-state index in [0.29, 0.717) is 23.0 Å². The van der Waals surface area contributed by atoms with Crippen molar-refractivity contribution in [3.8, 4) is 22.8 Å². The molecule has 0 atom stereocenters. The Balaban J connectivity index is 1.63. The quantitative estimate of drug-likeness (QED) is 0.473. The lowest BCUT2D eigenvalue weighted by Gasteiger charge is -2.49. The van der Waals surface area contributed by atoms with Gasteiger partial charge in [0.15, 0.2) is 5.82 Å². The van der Waals surface area contributed by atoms with Crippen molar-refractivity contribution in [1.29, 1.82) is 0 Å². The number of ether oxygens (including phenoxy) is 1. The summed E-state index contributed by atoms with van der Waals surface area (Å²) in [6.07, 6.45) is 3.44. The summed E-state index contributed by atoms with van der Waals surface area (Å²) in [7, 11) is 1.76. The molecule has 0 spiro atoms. The summed E-state index contributed by atoms with van der Waals surface area (Å²) in [6, 6.07) is 9.63. The van der Waals surface area contributed by atoms with Gasteiger partial charge in [-0.3, -0.25) is 4.98 Å². The Hall–Kier alpha value is -2.95. The van der Waals surface area contributed by atoms with Gasteiger partial charge in [-0.1, -0.05) is 0 Å². The number of hydrogen-bond donors (Lipinski definition) is 3. The van der Waals surface area contributed by atoms with E-state index in [4.69, 9.17) is 19.4 Å². The van der Waals surface area contributed by atoms with Crippen molar-refractivity contribution in [2.45, 2.75) is 57.7 Å². The minimum atomic E-state index is -1.91. The first-order valence-electron chi connectivity index (χ1n) is 11.3. The molecule has 3 heterocycles. The van der Waals surface area contributed by atoms with E-state index in [-0.39, 0.29) is 16.8 Å². The molecule has 0 bridgehead atoms. The molecule has 0 unspecified atom stereocenters. The number of pyridine rings is 1. The summed E-state index contributed by atoms with van der Waals surface area (Å²) in [5, 5.41) is 31.7. The number of rotatable bonds is 6. The number of hydrogen-bond acceptors (Lipinski definition) is 9. The van der Waals surface area contributed by atoms with E-state index in [1.165, 1.54) is 6.20 Å². The Morgan fingerprint density at radius 1 is 1.06 bits per heavy atom. The second kappa shape index (κ2) is 9.01. The number of nitrogens with one attached hydrogen (secondary N) is 1. The van der Waals surface area contributed by atoms with Crippen LogP contribution >= 0.6 is 0 Å². The van der Waals surface area contributed by atoms with Crippen molar-refractivity contribution < 1.29 is 19.4 Å². The van der Waals surface area contributed by atoms with E-state index >= 15 is 0 Å². The van der Waals surface area contributed by atoms with Crippen LogP contribution < -0.4 is 19.6 Å². The van der Waals surface area contributed by atoms with Gasteiger partial charge in [0.1, 0.15) is 11.5 Å². The van der Waals surface area contributed by atoms with Crippen molar-refractivity contribution in [2.75, 3.05) is 19.1 Å². The standard InChI is InChI=1S/C24H32BN5O4/c1-23(2)12-16(13-24(3,4)29-23)30(5)22-8-7-19(27-28-22)18-10-15-9-17(34-25(31)32)14-26-20(15)11-21(18)33-6/h7-11,14,16,29,31-32H,12-13H2,1-6H3. The highest BCUT2D eigenvalue weighted by molar-refractivity contribution is 6.33. The van der Waals surface area contributed by atoms with Crippen LogP contribution in [0, 0.1) is 0 Å². The molecule has 3 aromatic rings. The summed E-state index contributed by atoms with van der Waals surface area (Å²) in [5.74, 6) is 1.68. The molecule has 1 aromatic carbocycles. The molecule has 3 N–H and O–H groups in total. The Labute approximate surface area is 200 Å². The van der Waals surface area contributed by atoms with Crippen molar-refractivity contribution in [3.63, 3.8) is 0 Å². The molecular formula is C24H32BN5O4. The molecule has 180 valence electrons. The number of anilines is 1. The lowest BCUT2D eigenvalue weighted by molar-refractivity contribution is 0.160. The first kappa shape index (κ1) is 24.2. The zero-order valence-corrected chi connectivity index (χ0v) is 20.5. The van der Waals surface area contributed by atoms with Gasteiger partial charge < -0.3 is 29.7 Å². The Morgan fingerprint density at radius 2 is 1.76 bits per heavy atom. The molecule has 34 heavy (non-hydrogen) atoms. The minimum absolute atomic E-state index is 0.0369. The topological polar surface area (TPSA) is 113 Å². The summed E-state index contributed by atoms with van der Waals surface area (Å²) in [6.45, 7) is 8.95. The van der Waals surface area contributed by atoms with Crippen LogP contribution in [0.25, 0.3) is 22.2 Å². The van der Waals surface area contributed by atoms with Crippen molar-refractivity contribution in [2.24, 2.45) is 0 Å². The predicted molar refractivity (Wildman–Crippen MR) is 133 cm³/mol. The van der Waals surface area contributed by atoms with Gasteiger partial charge in [-0.25, -0.2) is 0 Å². The van der Waals surface area contributed by atoms with Crippen molar-refractivity contribution >= 4 is 24.0 Å². The maximum atomic E-state index is 9.07. The van der Waals surface area contributed by atoms with Gasteiger partial charge in [-0.05, 0) is 64.8 Å². The molecule has 1 fully saturated rings. The van der Waals surface area contributed by atoms with E-state index in [2.05, 4.69) is 60.1 Å². The SMILES string of the molecule is COc1cc2ncc(OB(O)O)cc2cc1-c1ccc(N(C)C2CC(C)(C)NC(C)(C)C2)nn1. The lowest BCUT2D eigenvalue weighted by atomic mass is 9.79. The van der Waals surface area contributed by atoms with Gasteiger partial charge in [0, 0.05) is 41.2 Å². The highest BCUT2D eigenvalue weighted by atomic mass is 16.6. The van der Waals surface area contributed by atoms with Crippen molar-refractivity contribution in [1.82, 2.24) is 20.5 Å². The molecule has 1 aliphatic rings. The third kappa shape index (κ3) is 5.24. The molecule has 0 amide bonds. The van der Waals surface area contributed by atoms with E-state index in [1.807, 2.05) is 24.3 Å². The van der Waals surface area contributed by atoms with E-state index in [0.717, 1.165) is 29.6 Å². The summed E-state index contributed by atoms with van der Waals surface area (Å²) >= 11 is 0. The van der Waals surface area contributed by atoms with Gasteiger partial charge in [0.2, 0.25) is 0 Å². The smallest absolute Gasteiger partial charge is 0.511 e. The van der Waals surface area contributed by atoms with Gasteiger partial charge in [-0.2, -0.15) is 0 Å². The van der Waals surface area contributed by atoms with E-state index < -0.39 is 7.32 Å². The van der Waals surface area contributed by atoms with Crippen LogP contribution in [0.3, 0.4) is 0 Å². The Morgan fingerprint density at radius 3 is 2.35 bits per heavy atom. The first-order chi connectivity index (χ1) is 16.0. The normalized spacial score (nSPS) is 17.4. The molecule has 0 radical (unpaired) electrons. The average molecular weight is 465 g/mol. The second-order valence-corrected chi connectivity index (χ2v) is 10.2. The van der Waals surface area contributed by atoms with Crippen molar-refractivity contribution in [3.05, 3.63) is 36.5 Å². The van der Waals surface area contributed by atoms with E-state index in [9.17, 15) is 0 Å². The number of methoxy groups -OCH3 is 1. The highest BCUT2D eigenvalue weighted by Gasteiger charge is 2.39. The molecule has 4 rings (SSSR count). The van der Waals surface area contributed by atoms with Crippen LogP contribution in [-0.2, 0) is 0 Å². The fourth-order valence-corrected chi connectivity index (χ4v) is 5.08. The van der Waals surface area contributed by atoms with Crippen LogP contribution in [0.5, 0.6) is 11.5 Å². The summed E-state index contributed by atoms with van der Waals surface area (Å²) in [4.78, 5) is 6.53. The Bertz CT molecular complexity index is 1150. The monoisotopic (exact) mass is 465 g/mol. The van der Waals surface area contributed by atoms with Gasteiger partial charge in [0.05, 0.1) is 24.5 Å². The molecule has 9 nitrogen and oxygen atoms in total. The Kier molecular flexibility index (Phi) is 6.41. The number of fused-ring (bicyclic) bond motifs is 1. The summed E-state index contributed by atoms with van der Waals surface area (Å²) in [5.41, 5.74) is 2.17. The number of piperidine rings is 1.